The van der Waals surface area contributed by atoms with E-state index in [0.29, 0.717) is 0 Å². The second-order valence-corrected chi connectivity index (χ2v) is 11.2. The second-order valence-electron chi connectivity index (χ2n) is 6.46. The number of hydrogen-bond acceptors (Lipinski definition) is 1. The van der Waals surface area contributed by atoms with Crippen LogP contribution in [0.1, 0.15) is 33.6 Å². The molecule has 0 N–H and O–H groups in total. The van der Waals surface area contributed by atoms with Gasteiger partial charge in [0.25, 0.3) is 0 Å². The maximum absolute atomic E-state index is 6.26. The van der Waals surface area contributed by atoms with Crippen LogP contribution < -0.4 is 10.6 Å². The molecule has 0 atom stereocenters. The van der Waals surface area contributed by atoms with Gasteiger partial charge in [-0.1, -0.05) is 95.8 Å². The van der Waals surface area contributed by atoms with Crippen molar-refractivity contribution in [3.8, 4) is 0 Å². The largest absolute Gasteiger partial charge is 0.0873 e. The Labute approximate surface area is 152 Å². The standard InChI is InChI=1S/C22H27PS/c1-19(2)11-10-12-20(3)17-18-23(24,21-13-6-4-7-14-21)22-15-8-5-9-16-22/h4-9,11,13-17H,10,12,18H2,1-3H3/b20-17+. The van der Waals surface area contributed by atoms with Gasteiger partial charge in [-0.2, -0.15) is 0 Å². The van der Waals surface area contributed by atoms with E-state index in [1.165, 1.54) is 21.8 Å². The molecule has 126 valence electrons. The molecule has 0 aliphatic carbocycles. The minimum Gasteiger partial charge on any atom is -0.0873 e. The summed E-state index contributed by atoms with van der Waals surface area (Å²) < 4.78 is 0. The lowest BCUT2D eigenvalue weighted by atomic mass is 10.1. The van der Waals surface area contributed by atoms with Crippen LogP contribution in [-0.4, -0.2) is 6.16 Å². The van der Waals surface area contributed by atoms with Crippen LogP contribution in [0.5, 0.6) is 0 Å². The highest BCUT2D eigenvalue weighted by atomic mass is 32.4. The van der Waals surface area contributed by atoms with Crippen molar-refractivity contribution in [3.63, 3.8) is 0 Å². The summed E-state index contributed by atoms with van der Waals surface area (Å²) in [6.07, 6.45) is 7.87. The lowest BCUT2D eigenvalue weighted by Gasteiger charge is -2.22. The molecule has 0 spiro atoms. The Balaban J connectivity index is 2.25. The first-order valence-electron chi connectivity index (χ1n) is 8.51. The monoisotopic (exact) mass is 354 g/mol. The minimum atomic E-state index is -1.79. The molecule has 2 rings (SSSR count). The lowest BCUT2D eigenvalue weighted by molar-refractivity contribution is 0.964. The van der Waals surface area contributed by atoms with Gasteiger partial charge in [0.15, 0.2) is 0 Å². The smallest absolute Gasteiger partial charge is 0.0142 e. The van der Waals surface area contributed by atoms with Gasteiger partial charge < -0.3 is 0 Å². The Hall–Kier alpha value is -1.43. The molecule has 0 unspecified atom stereocenters. The third-order valence-electron chi connectivity index (χ3n) is 4.13. The summed E-state index contributed by atoms with van der Waals surface area (Å²) >= 11 is 6.26. The Morgan fingerprint density at radius 3 is 1.79 bits per heavy atom. The molecule has 24 heavy (non-hydrogen) atoms. The van der Waals surface area contributed by atoms with Gasteiger partial charge in [-0.15, -0.1) is 0 Å². The average molecular weight is 354 g/mol. The van der Waals surface area contributed by atoms with Crippen LogP contribution in [-0.2, 0) is 11.8 Å². The van der Waals surface area contributed by atoms with E-state index in [1.807, 2.05) is 0 Å². The van der Waals surface area contributed by atoms with Gasteiger partial charge in [0.1, 0.15) is 0 Å². The van der Waals surface area contributed by atoms with Crippen LogP contribution in [0, 0.1) is 0 Å². The third kappa shape index (κ3) is 5.30. The van der Waals surface area contributed by atoms with Crippen LogP contribution >= 0.6 is 6.04 Å². The first-order valence-corrected chi connectivity index (χ1v) is 11.5. The van der Waals surface area contributed by atoms with E-state index in [2.05, 4.69) is 93.6 Å². The summed E-state index contributed by atoms with van der Waals surface area (Å²) in [5.41, 5.74) is 2.83. The summed E-state index contributed by atoms with van der Waals surface area (Å²) in [5.74, 6) is 0. The van der Waals surface area contributed by atoms with Crippen molar-refractivity contribution < 1.29 is 0 Å². The van der Waals surface area contributed by atoms with Crippen LogP contribution in [0.25, 0.3) is 0 Å². The zero-order valence-electron chi connectivity index (χ0n) is 14.9. The number of benzene rings is 2. The zero-order valence-corrected chi connectivity index (χ0v) is 16.6. The van der Waals surface area contributed by atoms with Gasteiger partial charge in [0, 0.05) is 12.2 Å². The van der Waals surface area contributed by atoms with Crippen LogP contribution in [0.3, 0.4) is 0 Å². The van der Waals surface area contributed by atoms with Crippen LogP contribution in [0.4, 0.5) is 0 Å². The molecule has 0 saturated heterocycles. The van der Waals surface area contributed by atoms with Crippen molar-refractivity contribution in [2.45, 2.75) is 33.6 Å². The molecular formula is C22H27PS. The molecule has 0 aliphatic rings. The first-order chi connectivity index (χ1) is 11.5. The zero-order chi connectivity index (χ0) is 17.4. The Bertz CT molecular complexity index is 695. The normalized spacial score (nSPS) is 12.0. The molecule has 0 heterocycles. The third-order valence-corrected chi connectivity index (χ3v) is 8.81. The maximum Gasteiger partial charge on any atom is 0.0142 e. The molecule has 0 aliphatic heterocycles. The van der Waals surface area contributed by atoms with E-state index in [0.717, 1.165) is 19.0 Å². The summed E-state index contributed by atoms with van der Waals surface area (Å²) in [6, 6.07) is 19.5. The SMILES string of the molecule is CC(C)=CCC/C(C)=C/CP(=S)(c1ccccc1)c1ccccc1. The van der Waals surface area contributed by atoms with Gasteiger partial charge >= 0.3 is 0 Å². The Morgan fingerprint density at radius 2 is 1.33 bits per heavy atom. The van der Waals surface area contributed by atoms with Crippen LogP contribution in [0.2, 0.25) is 0 Å². The summed E-state index contributed by atoms with van der Waals surface area (Å²) in [6.45, 7) is 6.54. The van der Waals surface area contributed by atoms with E-state index < -0.39 is 6.04 Å². The van der Waals surface area contributed by atoms with Gasteiger partial charge in [-0.3, -0.25) is 0 Å². The van der Waals surface area contributed by atoms with Crippen molar-refractivity contribution in [2.24, 2.45) is 0 Å². The van der Waals surface area contributed by atoms with Gasteiger partial charge in [0.2, 0.25) is 0 Å². The highest BCUT2D eigenvalue weighted by molar-refractivity contribution is 8.22. The topological polar surface area (TPSA) is 0 Å². The summed E-state index contributed by atoms with van der Waals surface area (Å²) in [4.78, 5) is 0. The van der Waals surface area contributed by atoms with E-state index in [9.17, 15) is 0 Å². The predicted molar refractivity (Wildman–Crippen MR) is 114 cm³/mol. The fourth-order valence-corrected chi connectivity index (χ4v) is 6.22. The minimum absolute atomic E-state index is 0.955. The summed E-state index contributed by atoms with van der Waals surface area (Å²) in [5, 5.41) is 2.61. The van der Waals surface area contributed by atoms with Gasteiger partial charge in [-0.25, -0.2) is 0 Å². The average Bonchev–Trinajstić information content (AvgIpc) is 2.61. The quantitative estimate of drug-likeness (QED) is 0.447. The molecular weight excluding hydrogens is 327 g/mol. The molecule has 2 aromatic rings. The van der Waals surface area contributed by atoms with Crippen molar-refractivity contribution in [2.75, 3.05) is 6.16 Å². The molecule has 2 heteroatoms. The van der Waals surface area contributed by atoms with Crippen LogP contribution in [0.15, 0.2) is 84.0 Å². The molecule has 0 radical (unpaired) electrons. The van der Waals surface area contributed by atoms with Crippen molar-refractivity contribution in [1.29, 1.82) is 0 Å². The van der Waals surface area contributed by atoms with E-state index in [-0.39, 0.29) is 0 Å². The first kappa shape index (κ1) is 18.9. The van der Waals surface area contributed by atoms with Crippen molar-refractivity contribution in [3.05, 3.63) is 84.0 Å². The highest BCUT2D eigenvalue weighted by Gasteiger charge is 2.20. The molecule has 0 amide bonds. The Kier molecular flexibility index (Phi) is 7.21. The van der Waals surface area contributed by atoms with E-state index >= 15 is 0 Å². The lowest BCUT2D eigenvalue weighted by Crippen LogP contribution is -2.17. The number of hydrogen-bond donors (Lipinski definition) is 0. The fraction of sp³-hybridized carbons (Fsp3) is 0.273. The predicted octanol–water partition coefficient (Wildman–Crippen LogP) is 5.81. The highest BCUT2D eigenvalue weighted by Crippen LogP contribution is 2.44. The second kappa shape index (κ2) is 9.16. The summed E-state index contributed by atoms with van der Waals surface area (Å²) in [7, 11) is 0. The number of rotatable bonds is 7. The fourth-order valence-electron chi connectivity index (χ4n) is 2.67. The van der Waals surface area contributed by atoms with E-state index in [4.69, 9.17) is 11.8 Å². The Morgan fingerprint density at radius 1 is 0.833 bits per heavy atom. The number of allylic oxidation sites excluding steroid dienone is 4. The van der Waals surface area contributed by atoms with Gasteiger partial charge in [-0.05, 0) is 44.2 Å². The van der Waals surface area contributed by atoms with Crippen molar-refractivity contribution in [1.82, 2.24) is 0 Å². The molecule has 0 fully saturated rings. The molecule has 0 saturated carbocycles. The molecule has 0 aromatic heterocycles. The van der Waals surface area contributed by atoms with Gasteiger partial charge in [0.05, 0.1) is 0 Å². The molecule has 0 nitrogen and oxygen atoms in total. The maximum atomic E-state index is 6.26. The molecule has 0 bridgehead atoms. The molecule has 2 aromatic carbocycles. The van der Waals surface area contributed by atoms with E-state index in [1.54, 1.807) is 0 Å². The van der Waals surface area contributed by atoms with Crippen molar-refractivity contribution >= 4 is 28.5 Å².